The minimum atomic E-state index is -1.06. The number of ether oxygens (including phenoxy) is 2. The Kier molecular flexibility index (Phi) is 8.79. The molecule has 2 bridgehead atoms. The van der Waals surface area contributed by atoms with Crippen LogP contribution in [0.2, 0.25) is 0 Å². The number of methoxy groups -OCH3 is 1. The molecule has 9 nitrogen and oxygen atoms in total. The van der Waals surface area contributed by atoms with Crippen molar-refractivity contribution in [3.05, 3.63) is 65.9 Å². The van der Waals surface area contributed by atoms with E-state index >= 15 is 0 Å². The molecule has 1 unspecified atom stereocenters. The first kappa shape index (κ1) is 26.2. The van der Waals surface area contributed by atoms with E-state index in [9.17, 15) is 19.5 Å². The average Bonchev–Trinajstić information content (AvgIpc) is 3.24. The summed E-state index contributed by atoms with van der Waals surface area (Å²) >= 11 is 0. The molecule has 0 radical (unpaired) electrons. The Balaban J connectivity index is 1.53. The molecule has 0 spiro atoms. The number of aryl methyl sites for hydroxylation is 1. The standard InChI is InChI=1S/C28H33N3O6/c1-36-22-10-7-19(8-11-22)6-9-20(17-26(32)33)27(34)30-24-16-21-18-31(25-5-3-2-4-23(21)25)13-15-37-14-12-29-28(24)35/h2-5,7-8,10-11,18,20,24H,6,9,12-17H2,1H3,(H,29,35)(H,30,34)(H,32,33)/t20-,24?/m1/s1. The van der Waals surface area contributed by atoms with Crippen LogP contribution < -0.4 is 15.4 Å². The Labute approximate surface area is 215 Å². The van der Waals surface area contributed by atoms with Crippen molar-refractivity contribution in [1.29, 1.82) is 0 Å². The number of para-hydroxylation sites is 1. The third kappa shape index (κ3) is 6.89. The molecule has 2 amide bonds. The van der Waals surface area contributed by atoms with Gasteiger partial charge in [-0.15, -0.1) is 0 Å². The number of rotatable bonds is 8. The molecule has 37 heavy (non-hydrogen) atoms. The number of aromatic nitrogens is 1. The van der Waals surface area contributed by atoms with Gasteiger partial charge in [-0.25, -0.2) is 0 Å². The van der Waals surface area contributed by atoms with Crippen LogP contribution in [0.4, 0.5) is 0 Å². The lowest BCUT2D eigenvalue weighted by atomic mass is 9.94. The van der Waals surface area contributed by atoms with Crippen LogP contribution in [0, 0.1) is 5.92 Å². The van der Waals surface area contributed by atoms with E-state index in [-0.39, 0.29) is 12.3 Å². The number of hydrogen-bond acceptors (Lipinski definition) is 5. The van der Waals surface area contributed by atoms with E-state index in [4.69, 9.17) is 9.47 Å². The van der Waals surface area contributed by atoms with E-state index in [1.165, 1.54) is 0 Å². The monoisotopic (exact) mass is 507 g/mol. The topological polar surface area (TPSA) is 119 Å². The van der Waals surface area contributed by atoms with Crippen LogP contribution in [-0.4, -0.2) is 60.4 Å². The molecule has 1 aliphatic rings. The van der Waals surface area contributed by atoms with Gasteiger partial charge in [0.25, 0.3) is 0 Å². The van der Waals surface area contributed by atoms with Crippen molar-refractivity contribution in [1.82, 2.24) is 15.2 Å². The maximum absolute atomic E-state index is 13.3. The maximum atomic E-state index is 13.3. The first-order valence-electron chi connectivity index (χ1n) is 12.5. The molecule has 2 heterocycles. The predicted molar refractivity (Wildman–Crippen MR) is 138 cm³/mol. The average molecular weight is 508 g/mol. The molecule has 0 saturated carbocycles. The second-order valence-corrected chi connectivity index (χ2v) is 9.22. The van der Waals surface area contributed by atoms with Crippen LogP contribution in [-0.2, 0) is 38.5 Å². The summed E-state index contributed by atoms with van der Waals surface area (Å²) in [6, 6.07) is 14.5. The van der Waals surface area contributed by atoms with Crippen molar-refractivity contribution in [2.75, 3.05) is 26.9 Å². The molecule has 196 valence electrons. The third-order valence-corrected chi connectivity index (χ3v) is 6.68. The number of nitrogens with zero attached hydrogens (tertiary/aromatic N) is 1. The Morgan fingerprint density at radius 3 is 2.73 bits per heavy atom. The van der Waals surface area contributed by atoms with Gasteiger partial charge in [0.1, 0.15) is 11.8 Å². The van der Waals surface area contributed by atoms with Gasteiger partial charge in [0.15, 0.2) is 0 Å². The lowest BCUT2D eigenvalue weighted by molar-refractivity contribution is -0.141. The molecule has 0 saturated heterocycles. The van der Waals surface area contributed by atoms with Gasteiger partial charge in [0, 0.05) is 42.5 Å². The van der Waals surface area contributed by atoms with E-state index in [1.807, 2.05) is 54.7 Å². The van der Waals surface area contributed by atoms with Crippen molar-refractivity contribution >= 4 is 28.7 Å². The van der Waals surface area contributed by atoms with Gasteiger partial charge in [0.05, 0.1) is 26.7 Å². The Morgan fingerprint density at radius 1 is 1.19 bits per heavy atom. The van der Waals surface area contributed by atoms with Gasteiger partial charge in [-0.1, -0.05) is 30.3 Å². The minimum Gasteiger partial charge on any atom is -0.497 e. The number of carboxylic acids is 1. The highest BCUT2D eigenvalue weighted by Gasteiger charge is 2.28. The summed E-state index contributed by atoms with van der Waals surface area (Å²) < 4.78 is 12.9. The highest BCUT2D eigenvalue weighted by molar-refractivity contribution is 5.91. The summed E-state index contributed by atoms with van der Waals surface area (Å²) in [4.78, 5) is 38.0. The van der Waals surface area contributed by atoms with Crippen molar-refractivity contribution in [2.45, 2.75) is 38.3 Å². The summed E-state index contributed by atoms with van der Waals surface area (Å²) in [5, 5.41) is 16.2. The lowest BCUT2D eigenvalue weighted by Crippen LogP contribution is -2.50. The highest BCUT2D eigenvalue weighted by atomic mass is 16.5. The summed E-state index contributed by atoms with van der Waals surface area (Å²) in [6.45, 7) is 1.89. The number of carboxylic acid groups (broad SMARTS) is 1. The Hall–Kier alpha value is -3.85. The molecular formula is C28H33N3O6. The van der Waals surface area contributed by atoms with E-state index < -0.39 is 23.8 Å². The molecule has 0 fully saturated rings. The smallest absolute Gasteiger partial charge is 0.304 e. The number of hydrogen-bond donors (Lipinski definition) is 3. The van der Waals surface area contributed by atoms with Gasteiger partial charge in [-0.3, -0.25) is 14.4 Å². The summed E-state index contributed by atoms with van der Waals surface area (Å²) in [7, 11) is 1.59. The van der Waals surface area contributed by atoms with Crippen molar-refractivity contribution in [3.8, 4) is 5.75 Å². The fraction of sp³-hybridized carbons (Fsp3) is 0.393. The van der Waals surface area contributed by atoms with Crippen LogP contribution in [0.5, 0.6) is 5.75 Å². The van der Waals surface area contributed by atoms with Crippen LogP contribution in [0.1, 0.15) is 24.0 Å². The molecule has 2 atom stereocenters. The number of aliphatic carboxylic acids is 1. The van der Waals surface area contributed by atoms with Crippen molar-refractivity contribution in [3.63, 3.8) is 0 Å². The van der Waals surface area contributed by atoms with E-state index in [0.29, 0.717) is 45.6 Å². The zero-order valence-electron chi connectivity index (χ0n) is 20.9. The number of carbonyl (C=O) groups excluding carboxylic acids is 2. The second-order valence-electron chi connectivity index (χ2n) is 9.22. The summed E-state index contributed by atoms with van der Waals surface area (Å²) in [5.74, 6) is -1.87. The molecule has 0 aliphatic carbocycles. The van der Waals surface area contributed by atoms with Gasteiger partial charge in [0.2, 0.25) is 11.8 Å². The van der Waals surface area contributed by atoms with Crippen LogP contribution in [0.15, 0.2) is 54.7 Å². The zero-order valence-corrected chi connectivity index (χ0v) is 20.9. The fourth-order valence-corrected chi connectivity index (χ4v) is 4.69. The second kappa shape index (κ2) is 12.4. The number of carbonyl (C=O) groups is 3. The maximum Gasteiger partial charge on any atom is 0.304 e. The summed E-state index contributed by atoms with van der Waals surface area (Å²) in [6.07, 6.45) is 2.84. The van der Waals surface area contributed by atoms with Gasteiger partial charge in [-0.05, 0) is 42.2 Å². The third-order valence-electron chi connectivity index (χ3n) is 6.68. The van der Waals surface area contributed by atoms with Crippen LogP contribution in [0.3, 0.4) is 0 Å². The van der Waals surface area contributed by atoms with Gasteiger partial charge < -0.3 is 29.8 Å². The predicted octanol–water partition coefficient (Wildman–Crippen LogP) is 2.55. The minimum absolute atomic E-state index is 0.296. The number of amides is 2. The van der Waals surface area contributed by atoms with Crippen LogP contribution in [0.25, 0.3) is 10.9 Å². The molecule has 3 aromatic rings. The Morgan fingerprint density at radius 2 is 1.97 bits per heavy atom. The van der Waals surface area contributed by atoms with Gasteiger partial charge in [-0.2, -0.15) is 0 Å². The molecule has 4 rings (SSSR count). The number of benzene rings is 2. The lowest BCUT2D eigenvalue weighted by Gasteiger charge is -2.22. The SMILES string of the molecule is COc1ccc(CC[C@H](CC(=O)O)C(=O)NC2Cc3cn(c4ccccc34)CCOCCNC2=O)cc1. The van der Waals surface area contributed by atoms with E-state index in [2.05, 4.69) is 15.2 Å². The summed E-state index contributed by atoms with van der Waals surface area (Å²) in [5.41, 5.74) is 2.94. The zero-order chi connectivity index (χ0) is 26.2. The van der Waals surface area contributed by atoms with Crippen LogP contribution >= 0.6 is 0 Å². The first-order chi connectivity index (χ1) is 17.9. The molecule has 9 heteroatoms. The highest BCUT2D eigenvalue weighted by Crippen LogP contribution is 2.24. The molecule has 3 N–H and O–H groups in total. The normalized spacial score (nSPS) is 17.2. The van der Waals surface area contributed by atoms with Gasteiger partial charge >= 0.3 is 5.97 Å². The number of fused-ring (bicyclic) bond motifs is 5. The van der Waals surface area contributed by atoms with Crippen molar-refractivity contribution in [2.24, 2.45) is 5.92 Å². The van der Waals surface area contributed by atoms with E-state index in [0.717, 1.165) is 27.8 Å². The van der Waals surface area contributed by atoms with E-state index in [1.54, 1.807) is 7.11 Å². The molecule has 1 aromatic heterocycles. The molecule has 2 aromatic carbocycles. The molecular weight excluding hydrogens is 474 g/mol. The molecule has 1 aliphatic heterocycles. The van der Waals surface area contributed by atoms with Crippen molar-refractivity contribution < 1.29 is 29.0 Å². The quantitative estimate of drug-likeness (QED) is 0.431. The first-order valence-corrected chi connectivity index (χ1v) is 12.5. The fourth-order valence-electron chi connectivity index (χ4n) is 4.69. The number of nitrogens with one attached hydrogen (secondary N) is 2. The largest absolute Gasteiger partial charge is 0.497 e. The Bertz CT molecular complexity index is 1240.